The maximum absolute atomic E-state index is 12.9. The van der Waals surface area contributed by atoms with Crippen molar-refractivity contribution in [3.8, 4) is 10.6 Å². The van der Waals surface area contributed by atoms with Crippen LogP contribution in [0.3, 0.4) is 0 Å². The van der Waals surface area contributed by atoms with Crippen molar-refractivity contribution in [3.63, 3.8) is 0 Å². The standard InChI is InChI=1S/C21H26N4O3S/c1-13-11-25(12-14(2)27-13)8-5-7-22-20(26)16-10-17(18-6-4-9-29-18)23-21-19(16)15(3)24-28-21/h4,6,9-10,13-14H,5,7-8,11-12H2,1-3H3,(H,22,26)/t13-,14-/m1/s1. The zero-order valence-corrected chi connectivity index (χ0v) is 17.8. The second-order valence-corrected chi connectivity index (χ2v) is 8.55. The molecule has 3 aromatic heterocycles. The normalized spacial score (nSPS) is 20.2. The van der Waals surface area contributed by atoms with Gasteiger partial charge in [-0.3, -0.25) is 9.69 Å². The number of nitrogens with one attached hydrogen (secondary N) is 1. The van der Waals surface area contributed by atoms with Crippen molar-refractivity contribution in [3.05, 3.63) is 34.8 Å². The fraction of sp³-hybridized carbons (Fsp3) is 0.476. The van der Waals surface area contributed by atoms with Crippen molar-refractivity contribution < 1.29 is 14.1 Å². The highest BCUT2D eigenvalue weighted by Gasteiger charge is 2.22. The molecule has 0 bridgehead atoms. The Morgan fingerprint density at radius 3 is 2.86 bits per heavy atom. The summed E-state index contributed by atoms with van der Waals surface area (Å²) in [5.74, 6) is -0.120. The van der Waals surface area contributed by atoms with Crippen LogP contribution in [0, 0.1) is 6.92 Å². The van der Waals surface area contributed by atoms with Gasteiger partial charge in [0.1, 0.15) is 0 Å². The van der Waals surface area contributed by atoms with E-state index in [-0.39, 0.29) is 18.1 Å². The topological polar surface area (TPSA) is 80.5 Å². The fourth-order valence-corrected chi connectivity index (χ4v) is 4.58. The van der Waals surface area contributed by atoms with E-state index in [1.165, 1.54) is 0 Å². The molecule has 0 unspecified atom stereocenters. The Morgan fingerprint density at radius 1 is 1.34 bits per heavy atom. The number of pyridine rings is 1. The quantitative estimate of drug-likeness (QED) is 0.622. The number of aromatic nitrogens is 2. The van der Waals surface area contributed by atoms with Crippen LogP contribution in [0.1, 0.15) is 36.3 Å². The van der Waals surface area contributed by atoms with Crippen LogP contribution in [-0.2, 0) is 4.74 Å². The van der Waals surface area contributed by atoms with Crippen molar-refractivity contribution in [2.24, 2.45) is 0 Å². The van der Waals surface area contributed by atoms with E-state index >= 15 is 0 Å². The van der Waals surface area contributed by atoms with Crippen LogP contribution in [0.2, 0.25) is 0 Å². The average molecular weight is 415 g/mol. The molecule has 0 radical (unpaired) electrons. The van der Waals surface area contributed by atoms with Crippen molar-refractivity contribution in [1.82, 2.24) is 20.4 Å². The van der Waals surface area contributed by atoms with Crippen LogP contribution in [0.25, 0.3) is 21.7 Å². The van der Waals surface area contributed by atoms with Gasteiger partial charge in [0.2, 0.25) is 0 Å². The van der Waals surface area contributed by atoms with E-state index in [9.17, 15) is 4.79 Å². The number of aryl methyl sites for hydroxylation is 1. The Morgan fingerprint density at radius 2 is 2.14 bits per heavy atom. The molecule has 1 aliphatic rings. The lowest BCUT2D eigenvalue weighted by Crippen LogP contribution is -2.46. The molecule has 0 saturated carbocycles. The van der Waals surface area contributed by atoms with Gasteiger partial charge >= 0.3 is 0 Å². The van der Waals surface area contributed by atoms with Gasteiger partial charge in [-0.2, -0.15) is 0 Å². The smallest absolute Gasteiger partial charge is 0.259 e. The number of carbonyl (C=O) groups excluding carboxylic acids is 1. The first-order valence-corrected chi connectivity index (χ1v) is 10.9. The van der Waals surface area contributed by atoms with E-state index in [1.54, 1.807) is 11.3 Å². The van der Waals surface area contributed by atoms with Crippen molar-refractivity contribution in [1.29, 1.82) is 0 Å². The maximum Gasteiger partial charge on any atom is 0.259 e. The predicted molar refractivity (Wildman–Crippen MR) is 113 cm³/mol. The fourth-order valence-electron chi connectivity index (χ4n) is 3.89. The summed E-state index contributed by atoms with van der Waals surface area (Å²) in [7, 11) is 0. The van der Waals surface area contributed by atoms with E-state index in [4.69, 9.17) is 9.26 Å². The molecule has 0 aliphatic carbocycles. The molecule has 0 aromatic carbocycles. The number of carbonyl (C=O) groups is 1. The Bertz CT molecular complexity index is 975. The number of nitrogens with zero attached hydrogens (tertiary/aromatic N) is 3. The SMILES string of the molecule is Cc1noc2nc(-c3cccs3)cc(C(=O)NCCCN3C[C@@H](C)O[C@H](C)C3)c12. The molecule has 2 atom stereocenters. The van der Waals surface area contributed by atoms with Gasteiger partial charge in [0.25, 0.3) is 11.6 Å². The molecular formula is C21H26N4O3S. The zero-order valence-electron chi connectivity index (χ0n) is 17.0. The lowest BCUT2D eigenvalue weighted by Gasteiger charge is -2.35. The largest absolute Gasteiger partial charge is 0.373 e. The van der Waals surface area contributed by atoms with Gasteiger partial charge < -0.3 is 14.6 Å². The van der Waals surface area contributed by atoms with Gasteiger partial charge in [-0.1, -0.05) is 11.2 Å². The molecule has 1 amide bonds. The lowest BCUT2D eigenvalue weighted by molar-refractivity contribution is -0.0679. The summed E-state index contributed by atoms with van der Waals surface area (Å²) >= 11 is 1.58. The molecule has 3 aromatic rings. The molecule has 7 nitrogen and oxygen atoms in total. The van der Waals surface area contributed by atoms with Crippen LogP contribution < -0.4 is 5.32 Å². The van der Waals surface area contributed by atoms with Gasteiger partial charge in [-0.25, -0.2) is 4.98 Å². The Balaban J connectivity index is 1.43. The second kappa shape index (κ2) is 8.61. The van der Waals surface area contributed by atoms with Gasteiger partial charge in [0, 0.05) is 26.2 Å². The highest BCUT2D eigenvalue weighted by molar-refractivity contribution is 7.13. The average Bonchev–Trinajstić information content (AvgIpc) is 3.34. The first-order chi connectivity index (χ1) is 14.0. The maximum atomic E-state index is 12.9. The summed E-state index contributed by atoms with van der Waals surface area (Å²) in [4.78, 5) is 20.9. The summed E-state index contributed by atoms with van der Waals surface area (Å²) < 4.78 is 11.1. The Hall–Kier alpha value is -2.29. The zero-order chi connectivity index (χ0) is 20.4. The number of hydrogen-bond acceptors (Lipinski definition) is 7. The molecule has 1 saturated heterocycles. The number of fused-ring (bicyclic) bond motifs is 1. The van der Waals surface area contributed by atoms with Crippen molar-refractivity contribution in [2.45, 2.75) is 39.4 Å². The number of morpholine rings is 1. The van der Waals surface area contributed by atoms with E-state index in [1.807, 2.05) is 30.5 Å². The van der Waals surface area contributed by atoms with Gasteiger partial charge in [0.15, 0.2) is 0 Å². The summed E-state index contributed by atoms with van der Waals surface area (Å²) in [6.45, 7) is 9.46. The number of hydrogen-bond donors (Lipinski definition) is 1. The molecular weight excluding hydrogens is 388 g/mol. The van der Waals surface area contributed by atoms with Crippen molar-refractivity contribution >= 4 is 28.3 Å². The van der Waals surface area contributed by atoms with Crippen LogP contribution in [0.5, 0.6) is 0 Å². The van der Waals surface area contributed by atoms with Crippen LogP contribution in [0.15, 0.2) is 28.1 Å². The number of ether oxygens (including phenoxy) is 1. The first kappa shape index (κ1) is 20.0. The van der Waals surface area contributed by atoms with Gasteiger partial charge in [-0.15, -0.1) is 11.3 Å². The third kappa shape index (κ3) is 4.49. The number of rotatable bonds is 6. The van der Waals surface area contributed by atoms with E-state index < -0.39 is 0 Å². The van der Waals surface area contributed by atoms with E-state index in [0.717, 1.165) is 36.6 Å². The second-order valence-electron chi connectivity index (χ2n) is 7.61. The van der Waals surface area contributed by atoms with Crippen LogP contribution in [0.4, 0.5) is 0 Å². The first-order valence-electron chi connectivity index (χ1n) is 9.98. The number of thiophene rings is 1. The molecule has 0 spiro atoms. The molecule has 4 heterocycles. The monoisotopic (exact) mass is 414 g/mol. The predicted octanol–water partition coefficient (Wildman–Crippen LogP) is 3.49. The highest BCUT2D eigenvalue weighted by Crippen LogP contribution is 2.29. The van der Waals surface area contributed by atoms with E-state index in [0.29, 0.717) is 28.9 Å². The molecule has 4 rings (SSSR count). The molecule has 1 fully saturated rings. The molecule has 1 aliphatic heterocycles. The Kier molecular flexibility index (Phi) is 5.94. The third-order valence-electron chi connectivity index (χ3n) is 5.07. The third-order valence-corrected chi connectivity index (χ3v) is 5.96. The Labute approximate surface area is 174 Å². The molecule has 1 N–H and O–H groups in total. The lowest BCUT2D eigenvalue weighted by atomic mass is 10.1. The number of amides is 1. The molecule has 154 valence electrons. The summed E-state index contributed by atoms with van der Waals surface area (Å²) in [5.41, 5.74) is 2.36. The summed E-state index contributed by atoms with van der Waals surface area (Å²) in [5, 5.41) is 9.72. The minimum Gasteiger partial charge on any atom is -0.373 e. The van der Waals surface area contributed by atoms with Crippen molar-refractivity contribution in [2.75, 3.05) is 26.2 Å². The van der Waals surface area contributed by atoms with Crippen LogP contribution in [-0.4, -0.2) is 59.3 Å². The minimum atomic E-state index is -0.120. The summed E-state index contributed by atoms with van der Waals surface area (Å²) in [6.07, 6.45) is 1.40. The van der Waals surface area contributed by atoms with Gasteiger partial charge in [0.05, 0.1) is 39.4 Å². The molecule has 8 heteroatoms. The van der Waals surface area contributed by atoms with Gasteiger partial charge in [-0.05, 0) is 44.7 Å². The molecule has 29 heavy (non-hydrogen) atoms. The van der Waals surface area contributed by atoms with E-state index in [2.05, 4.69) is 34.2 Å². The highest BCUT2D eigenvalue weighted by atomic mass is 32.1. The minimum absolute atomic E-state index is 0.120. The summed E-state index contributed by atoms with van der Waals surface area (Å²) in [6, 6.07) is 5.78. The van der Waals surface area contributed by atoms with Crippen LogP contribution >= 0.6 is 11.3 Å².